The van der Waals surface area contributed by atoms with E-state index in [0.717, 1.165) is 19.5 Å². The van der Waals surface area contributed by atoms with Crippen molar-refractivity contribution in [1.82, 2.24) is 9.62 Å². The van der Waals surface area contributed by atoms with Crippen LogP contribution in [-0.4, -0.2) is 52.2 Å². The molecule has 5 nitrogen and oxygen atoms in total. The summed E-state index contributed by atoms with van der Waals surface area (Å²) < 4.78 is 33.0. The Hall–Kier alpha value is -0.660. The second kappa shape index (κ2) is 8.44. The molecule has 1 atom stereocenters. The number of nitrogens with zero attached hydrogens (tertiary/aromatic N) is 1. The number of hydrogen-bond acceptors (Lipinski definition) is 4. The van der Waals surface area contributed by atoms with E-state index in [1.807, 2.05) is 0 Å². The largest absolute Gasteiger partial charge is 0.379 e. The van der Waals surface area contributed by atoms with Gasteiger partial charge in [-0.3, -0.25) is 4.90 Å². The Balaban J connectivity index is 2.04. The molecular formula is C16H25ClN2O3S. The van der Waals surface area contributed by atoms with Crippen molar-refractivity contribution in [2.75, 3.05) is 32.8 Å². The quantitative estimate of drug-likeness (QED) is 0.811. The van der Waals surface area contributed by atoms with E-state index in [-0.39, 0.29) is 10.9 Å². The van der Waals surface area contributed by atoms with E-state index >= 15 is 0 Å². The average molecular weight is 361 g/mol. The molecule has 7 heteroatoms. The zero-order valence-electron chi connectivity index (χ0n) is 13.7. The normalized spacial score (nSPS) is 18.3. The summed E-state index contributed by atoms with van der Waals surface area (Å²) in [5.74, 6) is 0.499. The van der Waals surface area contributed by atoms with Crippen LogP contribution in [0.4, 0.5) is 0 Å². The highest BCUT2D eigenvalue weighted by molar-refractivity contribution is 7.89. The van der Waals surface area contributed by atoms with Crippen molar-refractivity contribution in [2.45, 2.75) is 31.2 Å². The molecule has 1 N–H and O–H groups in total. The monoisotopic (exact) mass is 360 g/mol. The lowest BCUT2D eigenvalue weighted by Gasteiger charge is -2.35. The number of nitrogens with one attached hydrogen (secondary N) is 1. The summed E-state index contributed by atoms with van der Waals surface area (Å²) in [6.45, 7) is 7.79. The lowest BCUT2D eigenvalue weighted by atomic mass is 10.0. The van der Waals surface area contributed by atoms with Crippen molar-refractivity contribution in [1.29, 1.82) is 0 Å². The van der Waals surface area contributed by atoms with Gasteiger partial charge < -0.3 is 4.74 Å². The minimum atomic E-state index is -3.54. The topological polar surface area (TPSA) is 58.6 Å². The molecule has 2 rings (SSSR count). The Labute approximate surface area is 144 Å². The van der Waals surface area contributed by atoms with E-state index in [2.05, 4.69) is 23.5 Å². The Morgan fingerprint density at radius 1 is 1.30 bits per heavy atom. The predicted octanol–water partition coefficient (Wildman–Crippen LogP) is 2.37. The van der Waals surface area contributed by atoms with Gasteiger partial charge in [0.2, 0.25) is 10.0 Å². The van der Waals surface area contributed by atoms with Crippen LogP contribution in [-0.2, 0) is 14.8 Å². The van der Waals surface area contributed by atoms with E-state index in [0.29, 0.717) is 30.7 Å². The fourth-order valence-electron chi connectivity index (χ4n) is 2.77. The summed E-state index contributed by atoms with van der Waals surface area (Å²) in [4.78, 5) is 2.51. The number of morpholine rings is 1. The van der Waals surface area contributed by atoms with Crippen LogP contribution in [0.1, 0.15) is 20.3 Å². The zero-order chi connectivity index (χ0) is 16.9. The van der Waals surface area contributed by atoms with Gasteiger partial charge in [0.05, 0.1) is 18.1 Å². The Kier molecular flexibility index (Phi) is 6.85. The highest BCUT2D eigenvalue weighted by Gasteiger charge is 2.24. The van der Waals surface area contributed by atoms with E-state index in [1.165, 1.54) is 6.07 Å². The number of sulfonamides is 1. The molecule has 0 spiro atoms. The second-order valence-corrected chi connectivity index (χ2v) is 8.44. The number of ether oxygens (including phenoxy) is 1. The first-order chi connectivity index (χ1) is 10.9. The first kappa shape index (κ1) is 18.7. The lowest BCUT2D eigenvalue weighted by Crippen LogP contribution is -2.49. The molecule has 0 saturated carbocycles. The maximum Gasteiger partial charge on any atom is 0.240 e. The van der Waals surface area contributed by atoms with Crippen LogP contribution in [0.25, 0.3) is 0 Å². The summed E-state index contributed by atoms with van der Waals surface area (Å²) in [5.41, 5.74) is 0. The zero-order valence-corrected chi connectivity index (χ0v) is 15.2. The molecule has 1 heterocycles. The maximum atomic E-state index is 12.4. The fourth-order valence-corrected chi connectivity index (χ4v) is 4.14. The van der Waals surface area contributed by atoms with E-state index in [9.17, 15) is 8.42 Å². The van der Waals surface area contributed by atoms with Gasteiger partial charge in [-0.05, 0) is 30.5 Å². The molecular weight excluding hydrogens is 336 g/mol. The molecule has 0 aromatic heterocycles. The van der Waals surface area contributed by atoms with Crippen molar-refractivity contribution in [3.05, 3.63) is 29.3 Å². The number of halogens is 1. The van der Waals surface area contributed by atoms with Crippen LogP contribution in [0.15, 0.2) is 29.2 Å². The van der Waals surface area contributed by atoms with Gasteiger partial charge in [-0.1, -0.05) is 31.5 Å². The number of rotatable bonds is 7. The summed E-state index contributed by atoms with van der Waals surface area (Å²) in [5, 5.41) is 0.416. The molecule has 0 aliphatic carbocycles. The smallest absolute Gasteiger partial charge is 0.240 e. The molecule has 0 amide bonds. The van der Waals surface area contributed by atoms with Crippen molar-refractivity contribution in [3.8, 4) is 0 Å². The molecule has 0 unspecified atom stereocenters. The molecule has 1 aromatic carbocycles. The third kappa shape index (κ3) is 5.72. The van der Waals surface area contributed by atoms with Gasteiger partial charge in [0.15, 0.2) is 0 Å². The summed E-state index contributed by atoms with van der Waals surface area (Å²) >= 11 is 5.89. The molecule has 1 fully saturated rings. The molecule has 23 heavy (non-hydrogen) atoms. The van der Waals surface area contributed by atoms with Gasteiger partial charge in [0, 0.05) is 30.7 Å². The van der Waals surface area contributed by atoms with Gasteiger partial charge in [-0.2, -0.15) is 0 Å². The Morgan fingerprint density at radius 3 is 2.61 bits per heavy atom. The first-order valence-electron chi connectivity index (χ1n) is 7.95. The second-order valence-electron chi connectivity index (χ2n) is 6.24. The van der Waals surface area contributed by atoms with Crippen LogP contribution in [0, 0.1) is 5.92 Å². The van der Waals surface area contributed by atoms with Gasteiger partial charge in [0.1, 0.15) is 0 Å². The average Bonchev–Trinajstić information content (AvgIpc) is 2.52. The van der Waals surface area contributed by atoms with Crippen molar-refractivity contribution in [2.24, 2.45) is 5.92 Å². The lowest BCUT2D eigenvalue weighted by molar-refractivity contribution is 0.0134. The predicted molar refractivity (Wildman–Crippen MR) is 92.3 cm³/mol. The van der Waals surface area contributed by atoms with Crippen molar-refractivity contribution < 1.29 is 13.2 Å². The SMILES string of the molecule is CC(C)C[C@H](CNS(=O)(=O)c1cccc(Cl)c1)N1CCOCC1. The van der Waals surface area contributed by atoms with Crippen LogP contribution in [0.3, 0.4) is 0 Å². The third-order valence-electron chi connectivity index (χ3n) is 3.92. The molecule has 0 radical (unpaired) electrons. The van der Waals surface area contributed by atoms with E-state index < -0.39 is 10.0 Å². The Morgan fingerprint density at radius 2 is 2.00 bits per heavy atom. The molecule has 1 saturated heterocycles. The highest BCUT2D eigenvalue weighted by atomic mass is 35.5. The molecule has 1 aromatic rings. The minimum absolute atomic E-state index is 0.174. The van der Waals surface area contributed by atoms with Gasteiger partial charge in [-0.15, -0.1) is 0 Å². The molecule has 1 aliphatic heterocycles. The summed E-state index contributed by atoms with van der Waals surface area (Å²) in [6.07, 6.45) is 0.943. The van der Waals surface area contributed by atoms with Crippen molar-refractivity contribution >= 4 is 21.6 Å². The number of benzene rings is 1. The fraction of sp³-hybridized carbons (Fsp3) is 0.625. The Bertz CT molecular complexity index is 601. The van der Waals surface area contributed by atoms with Crippen LogP contribution in [0.5, 0.6) is 0 Å². The van der Waals surface area contributed by atoms with Crippen LogP contribution >= 0.6 is 11.6 Å². The molecule has 1 aliphatic rings. The van der Waals surface area contributed by atoms with E-state index in [1.54, 1.807) is 18.2 Å². The van der Waals surface area contributed by atoms with Crippen LogP contribution < -0.4 is 4.72 Å². The first-order valence-corrected chi connectivity index (χ1v) is 9.81. The third-order valence-corrected chi connectivity index (χ3v) is 5.58. The van der Waals surface area contributed by atoms with Gasteiger partial charge >= 0.3 is 0 Å². The van der Waals surface area contributed by atoms with E-state index in [4.69, 9.17) is 16.3 Å². The van der Waals surface area contributed by atoms with Gasteiger partial charge in [0.25, 0.3) is 0 Å². The summed E-state index contributed by atoms with van der Waals surface area (Å²) in [6, 6.07) is 6.50. The van der Waals surface area contributed by atoms with Crippen LogP contribution in [0.2, 0.25) is 5.02 Å². The highest BCUT2D eigenvalue weighted by Crippen LogP contribution is 2.17. The summed E-state index contributed by atoms with van der Waals surface area (Å²) in [7, 11) is -3.54. The number of hydrogen-bond donors (Lipinski definition) is 1. The minimum Gasteiger partial charge on any atom is -0.379 e. The standard InChI is InChI=1S/C16H25ClN2O3S/c1-13(2)10-15(19-6-8-22-9-7-19)12-18-23(20,21)16-5-3-4-14(17)11-16/h3-5,11,13,15,18H,6-10,12H2,1-2H3/t15-/m1/s1. The molecule has 0 bridgehead atoms. The maximum absolute atomic E-state index is 12.4. The molecule has 130 valence electrons. The van der Waals surface area contributed by atoms with Gasteiger partial charge in [-0.25, -0.2) is 13.1 Å². The van der Waals surface area contributed by atoms with Crippen molar-refractivity contribution in [3.63, 3.8) is 0 Å².